The minimum atomic E-state index is 0. The van der Waals surface area contributed by atoms with Crippen LogP contribution >= 0.6 is 24.0 Å². The molecule has 1 aromatic carbocycles. The predicted molar refractivity (Wildman–Crippen MR) is 133 cm³/mol. The third kappa shape index (κ3) is 8.52. The molecule has 29 heavy (non-hydrogen) atoms. The number of nitrogens with one attached hydrogen (secondary N) is 2. The number of halogens is 1. The highest BCUT2D eigenvalue weighted by molar-refractivity contribution is 14.0. The molecule has 2 N–H and O–H groups in total. The summed E-state index contributed by atoms with van der Waals surface area (Å²) in [5, 5.41) is 6.92. The number of aryl methyl sites for hydroxylation is 1. The van der Waals surface area contributed by atoms with E-state index >= 15 is 0 Å². The Morgan fingerprint density at radius 2 is 1.76 bits per heavy atom. The predicted octanol–water partition coefficient (Wildman–Crippen LogP) is 4.14. The summed E-state index contributed by atoms with van der Waals surface area (Å²) in [6.45, 7) is 11.7. The number of carbonyl (C=O) groups is 1. The summed E-state index contributed by atoms with van der Waals surface area (Å²) in [5.41, 5.74) is 2.61. The molecule has 2 rings (SSSR count). The van der Waals surface area contributed by atoms with Gasteiger partial charge in [-0.05, 0) is 51.5 Å². The lowest BCUT2D eigenvalue weighted by atomic mass is 9.98. The lowest BCUT2D eigenvalue weighted by Gasteiger charge is -2.34. The first-order chi connectivity index (χ1) is 13.6. The van der Waals surface area contributed by atoms with Crippen molar-refractivity contribution in [3.05, 3.63) is 35.4 Å². The zero-order valence-corrected chi connectivity index (χ0v) is 20.9. The maximum Gasteiger partial charge on any atom is 0.225 e. The standard InChI is InChI=1S/C23H38N4O.HI/c1-5-20(6-2)22(28)27-16-13-21(14-17-27)26-23(24-7-3)25-15-12-19-10-8-18(4)9-11-19;/h8-11,20-21H,5-7,12-17H2,1-4H3,(H2,24,25,26);1H. The van der Waals surface area contributed by atoms with Gasteiger partial charge < -0.3 is 15.5 Å². The molecule has 0 bridgehead atoms. The molecule has 1 aromatic rings. The highest BCUT2D eigenvalue weighted by Gasteiger charge is 2.26. The molecule has 0 saturated carbocycles. The van der Waals surface area contributed by atoms with E-state index in [2.05, 4.69) is 67.5 Å². The largest absolute Gasteiger partial charge is 0.357 e. The van der Waals surface area contributed by atoms with Crippen LogP contribution in [0.4, 0.5) is 0 Å². The normalized spacial score (nSPS) is 15.2. The summed E-state index contributed by atoms with van der Waals surface area (Å²) >= 11 is 0. The van der Waals surface area contributed by atoms with Crippen LogP contribution in [0.25, 0.3) is 0 Å². The summed E-state index contributed by atoms with van der Waals surface area (Å²) in [7, 11) is 0. The van der Waals surface area contributed by atoms with Gasteiger partial charge in [0, 0.05) is 38.1 Å². The zero-order valence-electron chi connectivity index (χ0n) is 18.5. The molecule has 0 atom stereocenters. The zero-order chi connectivity index (χ0) is 20.4. The number of benzene rings is 1. The number of hydrogen-bond acceptors (Lipinski definition) is 2. The molecule has 1 saturated heterocycles. The second kappa shape index (κ2) is 13.8. The molecular weight excluding hydrogens is 475 g/mol. The van der Waals surface area contributed by atoms with E-state index in [-0.39, 0.29) is 29.9 Å². The maximum atomic E-state index is 12.6. The van der Waals surface area contributed by atoms with Gasteiger partial charge in [-0.3, -0.25) is 9.79 Å². The number of rotatable bonds is 8. The topological polar surface area (TPSA) is 56.7 Å². The lowest BCUT2D eigenvalue weighted by molar-refractivity contribution is -0.136. The van der Waals surface area contributed by atoms with E-state index in [1.165, 1.54) is 11.1 Å². The SMILES string of the molecule is CCNC(=NCCc1ccc(C)cc1)NC1CCN(C(=O)C(CC)CC)CC1.I. The fourth-order valence-corrected chi connectivity index (χ4v) is 3.71. The average Bonchev–Trinajstić information content (AvgIpc) is 2.71. The Bertz CT molecular complexity index is 620. The van der Waals surface area contributed by atoms with E-state index in [0.717, 1.165) is 64.2 Å². The summed E-state index contributed by atoms with van der Waals surface area (Å²) in [6.07, 6.45) is 4.78. The van der Waals surface area contributed by atoms with Gasteiger partial charge >= 0.3 is 0 Å². The third-order valence-corrected chi connectivity index (χ3v) is 5.62. The van der Waals surface area contributed by atoms with Crippen LogP contribution in [-0.2, 0) is 11.2 Å². The quantitative estimate of drug-likeness (QED) is 0.312. The molecule has 0 radical (unpaired) electrons. The highest BCUT2D eigenvalue weighted by Crippen LogP contribution is 2.17. The first-order valence-electron chi connectivity index (χ1n) is 11.0. The van der Waals surface area contributed by atoms with Crippen molar-refractivity contribution in [1.29, 1.82) is 0 Å². The molecule has 1 aliphatic heterocycles. The molecule has 0 aliphatic carbocycles. The number of likely N-dealkylation sites (tertiary alicyclic amines) is 1. The number of piperidine rings is 1. The van der Waals surface area contributed by atoms with E-state index < -0.39 is 0 Å². The Morgan fingerprint density at radius 3 is 2.31 bits per heavy atom. The van der Waals surface area contributed by atoms with E-state index in [4.69, 9.17) is 4.99 Å². The van der Waals surface area contributed by atoms with E-state index in [1.807, 2.05) is 0 Å². The summed E-state index contributed by atoms with van der Waals surface area (Å²) < 4.78 is 0. The molecule has 1 aliphatic rings. The van der Waals surface area contributed by atoms with Crippen LogP contribution in [0.2, 0.25) is 0 Å². The van der Waals surface area contributed by atoms with E-state index in [9.17, 15) is 4.79 Å². The van der Waals surface area contributed by atoms with Crippen molar-refractivity contribution >= 4 is 35.8 Å². The molecule has 1 amide bonds. The van der Waals surface area contributed by atoms with Crippen LogP contribution in [0.1, 0.15) is 57.6 Å². The van der Waals surface area contributed by atoms with Gasteiger partial charge in [0.2, 0.25) is 5.91 Å². The third-order valence-electron chi connectivity index (χ3n) is 5.62. The van der Waals surface area contributed by atoms with Crippen molar-refractivity contribution in [2.45, 2.75) is 65.8 Å². The molecule has 1 heterocycles. The van der Waals surface area contributed by atoms with Crippen molar-refractivity contribution < 1.29 is 4.79 Å². The lowest BCUT2D eigenvalue weighted by Crippen LogP contribution is -2.50. The Balaban J connectivity index is 0.00000420. The van der Waals surface area contributed by atoms with Crippen molar-refractivity contribution in [3.63, 3.8) is 0 Å². The first-order valence-corrected chi connectivity index (χ1v) is 11.0. The molecule has 164 valence electrons. The van der Waals surface area contributed by atoms with Crippen LogP contribution in [0.3, 0.4) is 0 Å². The van der Waals surface area contributed by atoms with Gasteiger partial charge in [-0.2, -0.15) is 0 Å². The Labute approximate surface area is 194 Å². The first kappa shape index (κ1) is 25.7. The number of guanidine groups is 1. The Hall–Kier alpha value is -1.31. The van der Waals surface area contributed by atoms with E-state index in [1.54, 1.807) is 0 Å². The Kier molecular flexibility index (Phi) is 12.3. The minimum Gasteiger partial charge on any atom is -0.357 e. The van der Waals surface area contributed by atoms with Crippen LogP contribution in [0.15, 0.2) is 29.3 Å². The van der Waals surface area contributed by atoms with Crippen molar-refractivity contribution in [2.75, 3.05) is 26.2 Å². The fourth-order valence-electron chi connectivity index (χ4n) is 3.71. The van der Waals surface area contributed by atoms with Crippen LogP contribution in [-0.4, -0.2) is 49.0 Å². The smallest absolute Gasteiger partial charge is 0.225 e. The van der Waals surface area contributed by atoms with Crippen LogP contribution in [0, 0.1) is 12.8 Å². The summed E-state index contributed by atoms with van der Waals surface area (Å²) in [6, 6.07) is 9.04. The Morgan fingerprint density at radius 1 is 1.14 bits per heavy atom. The summed E-state index contributed by atoms with van der Waals surface area (Å²) in [5.74, 6) is 1.41. The molecule has 0 spiro atoms. The molecule has 1 fully saturated rings. The van der Waals surface area contributed by atoms with Crippen LogP contribution < -0.4 is 10.6 Å². The minimum absolute atomic E-state index is 0. The van der Waals surface area contributed by atoms with Gasteiger partial charge in [-0.25, -0.2) is 0 Å². The van der Waals surface area contributed by atoms with Gasteiger partial charge in [0.1, 0.15) is 0 Å². The highest BCUT2D eigenvalue weighted by atomic mass is 127. The number of nitrogens with zero attached hydrogens (tertiary/aromatic N) is 2. The number of amides is 1. The van der Waals surface area contributed by atoms with Gasteiger partial charge in [0.25, 0.3) is 0 Å². The second-order valence-corrected chi connectivity index (χ2v) is 7.75. The molecular formula is C23H39IN4O. The number of aliphatic imine (C=N–C) groups is 1. The molecule has 0 unspecified atom stereocenters. The van der Waals surface area contributed by atoms with Gasteiger partial charge in [-0.1, -0.05) is 43.7 Å². The van der Waals surface area contributed by atoms with E-state index in [0.29, 0.717) is 11.9 Å². The molecule has 5 nitrogen and oxygen atoms in total. The number of hydrogen-bond donors (Lipinski definition) is 2. The van der Waals surface area contributed by atoms with Gasteiger partial charge in [0.05, 0.1) is 0 Å². The van der Waals surface area contributed by atoms with Gasteiger partial charge in [-0.15, -0.1) is 24.0 Å². The van der Waals surface area contributed by atoms with Gasteiger partial charge in [0.15, 0.2) is 5.96 Å². The fraction of sp³-hybridized carbons (Fsp3) is 0.652. The van der Waals surface area contributed by atoms with Crippen molar-refractivity contribution in [2.24, 2.45) is 10.9 Å². The monoisotopic (exact) mass is 514 g/mol. The number of carbonyl (C=O) groups excluding carboxylic acids is 1. The molecule has 6 heteroatoms. The second-order valence-electron chi connectivity index (χ2n) is 7.75. The average molecular weight is 514 g/mol. The summed E-state index contributed by atoms with van der Waals surface area (Å²) in [4.78, 5) is 19.4. The van der Waals surface area contributed by atoms with Crippen molar-refractivity contribution in [3.8, 4) is 0 Å². The maximum absolute atomic E-state index is 12.6. The van der Waals surface area contributed by atoms with Crippen molar-refractivity contribution in [1.82, 2.24) is 15.5 Å². The van der Waals surface area contributed by atoms with Crippen LogP contribution in [0.5, 0.6) is 0 Å². The molecule has 0 aromatic heterocycles.